The van der Waals surface area contributed by atoms with Crippen LogP contribution in [0.5, 0.6) is 0 Å². The Morgan fingerprint density at radius 1 is 1.53 bits per heavy atom. The molecule has 4 nitrogen and oxygen atoms in total. The smallest absolute Gasteiger partial charge is 0.411 e. The molecule has 0 radical (unpaired) electrons. The summed E-state index contributed by atoms with van der Waals surface area (Å²) in [7, 11) is 0. The Labute approximate surface area is 103 Å². The molecule has 1 aliphatic heterocycles. The number of hydrogen-bond donors (Lipinski definition) is 0. The molecule has 1 amide bonds. The molecule has 1 fully saturated rings. The van der Waals surface area contributed by atoms with Crippen LogP contribution >= 0.6 is 22.6 Å². The maximum absolute atomic E-state index is 11.7. The zero-order valence-corrected chi connectivity index (χ0v) is 11.4. The van der Waals surface area contributed by atoms with E-state index in [1.54, 1.807) is 4.90 Å². The minimum Gasteiger partial charge on any atom is -0.444 e. The van der Waals surface area contributed by atoms with Crippen LogP contribution in [-0.4, -0.2) is 33.0 Å². The van der Waals surface area contributed by atoms with E-state index in [4.69, 9.17) is 4.74 Å². The van der Waals surface area contributed by atoms with Crippen LogP contribution in [0.4, 0.5) is 4.79 Å². The summed E-state index contributed by atoms with van der Waals surface area (Å²) >= 11 is 2.11. The number of ketones is 1. The summed E-state index contributed by atoms with van der Waals surface area (Å²) in [6, 6.07) is 0. The lowest BCUT2D eigenvalue weighted by Gasteiger charge is -2.33. The number of piperidine rings is 1. The molecule has 0 saturated carbocycles. The number of carbonyl (C=O) groups excluding carboxylic acids is 2. The number of halogens is 1. The van der Waals surface area contributed by atoms with Gasteiger partial charge in [0, 0.05) is 19.4 Å². The molecule has 5 heteroatoms. The fourth-order valence-electron chi connectivity index (χ4n) is 1.31. The highest BCUT2D eigenvalue weighted by molar-refractivity contribution is 14.1. The number of Topliss-reactive ketones (excluding diaryl/α,β-unsaturated/α-hetero) is 1. The Balaban J connectivity index is 2.56. The van der Waals surface area contributed by atoms with Crippen LogP contribution in [0.2, 0.25) is 0 Å². The Kier molecular flexibility index (Phi) is 3.97. The summed E-state index contributed by atoms with van der Waals surface area (Å²) in [5, 5.41) is 0. The van der Waals surface area contributed by atoms with Crippen molar-refractivity contribution >= 4 is 34.5 Å². The molecule has 0 N–H and O–H groups in total. The van der Waals surface area contributed by atoms with Gasteiger partial charge in [0.2, 0.25) is 0 Å². The first-order chi connectivity index (χ1) is 6.79. The average molecular weight is 325 g/mol. The van der Waals surface area contributed by atoms with Gasteiger partial charge in [0.05, 0.1) is 4.05 Å². The van der Waals surface area contributed by atoms with E-state index in [1.165, 1.54) is 0 Å². The van der Waals surface area contributed by atoms with Gasteiger partial charge in [-0.2, -0.15) is 0 Å². The van der Waals surface area contributed by atoms with Gasteiger partial charge in [-0.3, -0.25) is 9.69 Å². The predicted octanol–water partition coefficient (Wildman–Crippen LogP) is 2.35. The number of ether oxygens (including phenoxy) is 1. The van der Waals surface area contributed by atoms with Crippen LogP contribution in [0.1, 0.15) is 33.6 Å². The van der Waals surface area contributed by atoms with Gasteiger partial charge in [0.1, 0.15) is 11.4 Å². The molecule has 0 aliphatic carbocycles. The fraction of sp³-hybridized carbons (Fsp3) is 0.800. The van der Waals surface area contributed by atoms with E-state index in [0.717, 1.165) is 0 Å². The Morgan fingerprint density at radius 2 is 2.13 bits per heavy atom. The summed E-state index contributed by atoms with van der Waals surface area (Å²) in [6.07, 6.45) is 0.549. The third kappa shape index (κ3) is 3.96. The van der Waals surface area contributed by atoms with Crippen molar-refractivity contribution in [3.05, 3.63) is 0 Å². The van der Waals surface area contributed by atoms with Crippen molar-refractivity contribution < 1.29 is 14.3 Å². The number of hydrogen-bond acceptors (Lipinski definition) is 3. The SMILES string of the molecule is CC(C)(C)OC(=O)N1CCC(=O)CC1I. The second kappa shape index (κ2) is 4.67. The van der Waals surface area contributed by atoms with Gasteiger partial charge >= 0.3 is 6.09 Å². The highest BCUT2D eigenvalue weighted by Gasteiger charge is 2.31. The summed E-state index contributed by atoms with van der Waals surface area (Å²) in [6.45, 7) is 5.98. The zero-order chi connectivity index (χ0) is 11.6. The topological polar surface area (TPSA) is 46.6 Å². The van der Waals surface area contributed by atoms with E-state index < -0.39 is 5.60 Å². The lowest BCUT2D eigenvalue weighted by atomic mass is 10.1. The number of amides is 1. The molecule has 1 atom stereocenters. The van der Waals surface area contributed by atoms with Crippen molar-refractivity contribution in [1.82, 2.24) is 4.90 Å². The van der Waals surface area contributed by atoms with Gasteiger partial charge in [-0.25, -0.2) is 4.79 Å². The normalized spacial score (nSPS) is 22.8. The first kappa shape index (κ1) is 12.7. The molecule has 0 bridgehead atoms. The zero-order valence-electron chi connectivity index (χ0n) is 9.25. The number of nitrogens with zero attached hydrogens (tertiary/aromatic N) is 1. The maximum atomic E-state index is 11.7. The second-order valence-corrected chi connectivity index (χ2v) is 6.04. The van der Waals surface area contributed by atoms with E-state index in [-0.39, 0.29) is 15.9 Å². The number of carbonyl (C=O) groups is 2. The molecule has 1 saturated heterocycles. The summed E-state index contributed by atoms with van der Waals surface area (Å²) in [5.74, 6) is 0.217. The lowest BCUT2D eigenvalue weighted by molar-refractivity contribution is -0.121. The van der Waals surface area contributed by atoms with Gasteiger partial charge in [0.25, 0.3) is 0 Å². The third-order valence-corrected chi connectivity index (χ3v) is 3.11. The van der Waals surface area contributed by atoms with Crippen LogP contribution in [-0.2, 0) is 9.53 Å². The van der Waals surface area contributed by atoms with Gasteiger partial charge in [-0.1, -0.05) is 22.6 Å². The molecule has 1 rings (SSSR count). The van der Waals surface area contributed by atoms with E-state index >= 15 is 0 Å². The molecule has 86 valence electrons. The minimum atomic E-state index is -0.477. The standard InChI is InChI=1S/C10H16INO3/c1-10(2,3)15-9(14)12-5-4-7(13)6-8(12)11/h8H,4-6H2,1-3H3. The first-order valence-electron chi connectivity index (χ1n) is 4.95. The molecule has 0 aromatic carbocycles. The highest BCUT2D eigenvalue weighted by Crippen LogP contribution is 2.22. The molecule has 1 unspecified atom stereocenters. The number of rotatable bonds is 0. The van der Waals surface area contributed by atoms with Crippen LogP contribution in [0.3, 0.4) is 0 Å². The van der Waals surface area contributed by atoms with E-state index in [0.29, 0.717) is 19.4 Å². The van der Waals surface area contributed by atoms with E-state index in [2.05, 4.69) is 22.6 Å². The second-order valence-electron chi connectivity index (χ2n) is 4.60. The van der Waals surface area contributed by atoms with Crippen molar-refractivity contribution in [2.45, 2.75) is 43.3 Å². The predicted molar refractivity (Wildman–Crippen MR) is 65.0 cm³/mol. The Morgan fingerprint density at radius 3 is 2.60 bits per heavy atom. The lowest BCUT2D eigenvalue weighted by Crippen LogP contribution is -2.45. The summed E-state index contributed by atoms with van der Waals surface area (Å²) in [4.78, 5) is 24.5. The molecule has 1 heterocycles. The van der Waals surface area contributed by atoms with Crippen LogP contribution < -0.4 is 0 Å². The third-order valence-electron chi connectivity index (χ3n) is 1.99. The summed E-state index contributed by atoms with van der Waals surface area (Å²) < 4.78 is 5.18. The highest BCUT2D eigenvalue weighted by atomic mass is 127. The van der Waals surface area contributed by atoms with Gasteiger partial charge < -0.3 is 4.74 Å². The van der Waals surface area contributed by atoms with Gasteiger partial charge in [-0.15, -0.1) is 0 Å². The van der Waals surface area contributed by atoms with Crippen LogP contribution in [0.15, 0.2) is 0 Å². The van der Waals surface area contributed by atoms with Crippen LogP contribution in [0.25, 0.3) is 0 Å². The minimum absolute atomic E-state index is 0.0706. The molecule has 0 aromatic rings. The van der Waals surface area contributed by atoms with Crippen LogP contribution in [0, 0.1) is 0 Å². The largest absolute Gasteiger partial charge is 0.444 e. The maximum Gasteiger partial charge on any atom is 0.411 e. The van der Waals surface area contributed by atoms with Gasteiger partial charge in [0.15, 0.2) is 0 Å². The van der Waals surface area contributed by atoms with Crippen molar-refractivity contribution in [3.63, 3.8) is 0 Å². The van der Waals surface area contributed by atoms with Crippen molar-refractivity contribution in [2.75, 3.05) is 6.54 Å². The quantitative estimate of drug-likeness (QED) is 0.390. The molecule has 0 aromatic heterocycles. The summed E-state index contributed by atoms with van der Waals surface area (Å²) in [5.41, 5.74) is -0.477. The van der Waals surface area contributed by atoms with Crippen molar-refractivity contribution in [3.8, 4) is 0 Å². The molecular weight excluding hydrogens is 309 g/mol. The monoisotopic (exact) mass is 325 g/mol. The molecule has 15 heavy (non-hydrogen) atoms. The van der Waals surface area contributed by atoms with Gasteiger partial charge in [-0.05, 0) is 20.8 Å². The molecular formula is C10H16INO3. The average Bonchev–Trinajstić information content (AvgIpc) is 1.99. The number of alkyl halides is 1. The fourth-order valence-corrected chi connectivity index (χ4v) is 2.31. The number of likely N-dealkylation sites (tertiary alicyclic amines) is 1. The Bertz CT molecular complexity index is 272. The van der Waals surface area contributed by atoms with E-state index in [9.17, 15) is 9.59 Å². The van der Waals surface area contributed by atoms with E-state index in [1.807, 2.05) is 20.8 Å². The van der Waals surface area contributed by atoms with Crippen molar-refractivity contribution in [1.29, 1.82) is 0 Å². The molecule has 0 spiro atoms. The molecule has 1 aliphatic rings. The first-order valence-corrected chi connectivity index (χ1v) is 6.19. The van der Waals surface area contributed by atoms with Crippen molar-refractivity contribution in [2.24, 2.45) is 0 Å². The Hall–Kier alpha value is -0.330.